The molecule has 0 saturated carbocycles. The van der Waals surface area contributed by atoms with Crippen LogP contribution >= 0.6 is 0 Å². The number of pyridine rings is 3. The lowest BCUT2D eigenvalue weighted by atomic mass is 9.96. The summed E-state index contributed by atoms with van der Waals surface area (Å²) in [5, 5.41) is 3.21. The third kappa shape index (κ3) is 6.06. The summed E-state index contributed by atoms with van der Waals surface area (Å²) in [6.07, 6.45) is 1.84. The third-order valence-electron chi connectivity index (χ3n) is 10.0. The molecule has 4 heterocycles. The zero-order valence-electron chi connectivity index (χ0n) is 29.9. The lowest BCUT2D eigenvalue weighted by molar-refractivity contribution is 1.07. The molecule has 4 aromatic heterocycles. The van der Waals surface area contributed by atoms with Crippen molar-refractivity contribution in [3.63, 3.8) is 0 Å². The normalized spacial score (nSPS) is 11.4. The molecule has 0 amide bonds. The van der Waals surface area contributed by atoms with Gasteiger partial charge < -0.3 is 0 Å². The first-order chi connectivity index (χ1) is 27.1. The van der Waals surface area contributed by atoms with Crippen molar-refractivity contribution < 1.29 is 0 Å². The number of aromatic nitrogens is 6. The van der Waals surface area contributed by atoms with Crippen LogP contribution in [0.1, 0.15) is 5.69 Å². The molecule has 0 aliphatic heterocycles. The van der Waals surface area contributed by atoms with Gasteiger partial charge in [-0.1, -0.05) is 140 Å². The van der Waals surface area contributed by atoms with Crippen LogP contribution < -0.4 is 0 Å². The number of benzene rings is 6. The molecule has 10 aromatic rings. The van der Waals surface area contributed by atoms with E-state index in [4.69, 9.17) is 29.9 Å². The van der Waals surface area contributed by atoms with Crippen LogP contribution in [0.3, 0.4) is 0 Å². The highest BCUT2D eigenvalue weighted by Gasteiger charge is 2.17. The van der Waals surface area contributed by atoms with E-state index in [2.05, 4.69) is 115 Å². The van der Waals surface area contributed by atoms with E-state index in [1.807, 2.05) is 67.7 Å². The second kappa shape index (κ2) is 13.5. The van der Waals surface area contributed by atoms with Crippen LogP contribution in [0.4, 0.5) is 0 Å². The fourth-order valence-corrected chi connectivity index (χ4v) is 7.30. The van der Waals surface area contributed by atoms with Crippen LogP contribution in [0.25, 0.3) is 100 Å². The molecule has 10 rings (SSSR count). The number of aryl methyl sites for hydroxylation is 1. The van der Waals surface area contributed by atoms with Crippen molar-refractivity contribution in [2.75, 3.05) is 0 Å². The van der Waals surface area contributed by atoms with E-state index in [9.17, 15) is 0 Å². The van der Waals surface area contributed by atoms with Gasteiger partial charge in [-0.15, -0.1) is 0 Å². The molecule has 0 aliphatic rings. The number of hydrogen-bond donors (Lipinski definition) is 0. The van der Waals surface area contributed by atoms with Gasteiger partial charge in [0.05, 0.1) is 22.2 Å². The fraction of sp³-hybridized carbons (Fsp3) is 0.0204. The van der Waals surface area contributed by atoms with Crippen molar-refractivity contribution in [1.82, 2.24) is 29.9 Å². The van der Waals surface area contributed by atoms with Gasteiger partial charge in [0.25, 0.3) is 0 Å². The first kappa shape index (κ1) is 32.2. The molecule has 0 unspecified atom stereocenters. The van der Waals surface area contributed by atoms with Crippen molar-refractivity contribution in [1.29, 1.82) is 0 Å². The van der Waals surface area contributed by atoms with E-state index in [0.29, 0.717) is 17.5 Å². The van der Waals surface area contributed by atoms with E-state index in [-0.39, 0.29) is 0 Å². The van der Waals surface area contributed by atoms with Gasteiger partial charge in [-0.05, 0) is 53.9 Å². The number of rotatable bonds is 6. The molecular formula is C49H32N6. The molecule has 0 atom stereocenters. The summed E-state index contributed by atoms with van der Waals surface area (Å²) in [4.78, 5) is 30.2. The Bertz CT molecular complexity index is 3050. The molecule has 0 saturated heterocycles. The van der Waals surface area contributed by atoms with E-state index >= 15 is 0 Å². The Labute approximate surface area is 318 Å². The Morgan fingerprint density at radius 2 is 0.927 bits per heavy atom. The minimum absolute atomic E-state index is 0.578. The molecule has 0 bridgehead atoms. The highest BCUT2D eigenvalue weighted by Crippen LogP contribution is 2.37. The van der Waals surface area contributed by atoms with Crippen LogP contribution in [0.2, 0.25) is 0 Å². The number of hydrogen-bond acceptors (Lipinski definition) is 6. The zero-order chi connectivity index (χ0) is 36.7. The molecule has 0 spiro atoms. The predicted molar refractivity (Wildman–Crippen MR) is 223 cm³/mol. The van der Waals surface area contributed by atoms with Crippen LogP contribution in [-0.4, -0.2) is 29.9 Å². The highest BCUT2D eigenvalue weighted by atomic mass is 15.0. The molecule has 0 radical (unpaired) electrons. The van der Waals surface area contributed by atoms with Gasteiger partial charge in [-0.2, -0.15) is 0 Å². The summed E-state index contributed by atoms with van der Waals surface area (Å²) in [5.74, 6) is 1.77. The number of para-hydroxylation sites is 1. The van der Waals surface area contributed by atoms with Crippen LogP contribution in [0, 0.1) is 6.92 Å². The second-order valence-electron chi connectivity index (χ2n) is 13.6. The van der Waals surface area contributed by atoms with Crippen LogP contribution in [0.5, 0.6) is 0 Å². The zero-order valence-corrected chi connectivity index (χ0v) is 29.9. The summed E-state index contributed by atoms with van der Waals surface area (Å²) in [6.45, 7) is 2.02. The molecule has 258 valence electrons. The first-order valence-electron chi connectivity index (χ1n) is 18.3. The third-order valence-corrected chi connectivity index (χ3v) is 10.0. The Morgan fingerprint density at radius 1 is 0.345 bits per heavy atom. The maximum absolute atomic E-state index is 5.31. The number of fused-ring (bicyclic) bond motifs is 4. The average molecular weight is 705 g/mol. The highest BCUT2D eigenvalue weighted by molar-refractivity contribution is 6.09. The monoisotopic (exact) mass is 704 g/mol. The molecule has 6 heteroatoms. The van der Waals surface area contributed by atoms with Gasteiger partial charge in [0.1, 0.15) is 0 Å². The maximum atomic E-state index is 5.31. The molecular weight excluding hydrogens is 673 g/mol. The molecule has 0 N–H and O–H groups in total. The topological polar surface area (TPSA) is 77.3 Å². The standard InChI is InChI=1S/C49H32N6/c1-31-23-24-34-25-26-41-42(32-12-4-2-5-13-32)30-43(52-46(41)45(34)51-31)37-18-9-20-39(29-37)49-54-47(35-14-6-3-7-15-35)53-48(55-49)38-19-8-17-36(28-38)40-22-10-16-33-21-11-27-50-44(33)40/h2-30H,1H3. The van der Waals surface area contributed by atoms with Crippen molar-refractivity contribution in [3.8, 4) is 67.7 Å². The minimum atomic E-state index is 0.578. The van der Waals surface area contributed by atoms with Gasteiger partial charge in [0, 0.05) is 55.9 Å². The Balaban J connectivity index is 1.14. The summed E-state index contributed by atoms with van der Waals surface area (Å²) >= 11 is 0. The van der Waals surface area contributed by atoms with Gasteiger partial charge in [0.15, 0.2) is 17.5 Å². The summed E-state index contributed by atoms with van der Waals surface area (Å²) in [6, 6.07) is 58.2. The lowest BCUT2D eigenvalue weighted by Crippen LogP contribution is -2.00. The maximum Gasteiger partial charge on any atom is 0.164 e. The van der Waals surface area contributed by atoms with E-state index in [1.165, 1.54) is 0 Å². The van der Waals surface area contributed by atoms with Crippen LogP contribution in [0.15, 0.2) is 176 Å². The fourth-order valence-electron chi connectivity index (χ4n) is 7.30. The van der Waals surface area contributed by atoms with Crippen LogP contribution in [-0.2, 0) is 0 Å². The largest absolute Gasteiger partial charge is 0.256 e. The van der Waals surface area contributed by atoms with Crippen molar-refractivity contribution in [3.05, 3.63) is 182 Å². The molecule has 55 heavy (non-hydrogen) atoms. The molecule has 6 nitrogen and oxygen atoms in total. The smallest absolute Gasteiger partial charge is 0.164 e. The molecule has 0 fully saturated rings. The van der Waals surface area contributed by atoms with E-state index in [1.54, 1.807) is 0 Å². The summed E-state index contributed by atoms with van der Waals surface area (Å²) in [5.41, 5.74) is 12.5. The van der Waals surface area contributed by atoms with Crippen molar-refractivity contribution in [2.24, 2.45) is 0 Å². The number of nitrogens with zero attached hydrogens (tertiary/aromatic N) is 6. The SMILES string of the molecule is Cc1ccc2ccc3c(-c4ccccc4)cc(-c4cccc(-c5nc(-c6ccccc6)nc(-c6cccc(-c7cccc8cccnc78)c6)n5)c4)nc3c2n1. The molecule has 0 aliphatic carbocycles. The van der Waals surface area contributed by atoms with Gasteiger partial charge in [-0.25, -0.2) is 19.9 Å². The van der Waals surface area contributed by atoms with E-state index < -0.39 is 0 Å². The Morgan fingerprint density at radius 3 is 1.69 bits per heavy atom. The van der Waals surface area contributed by atoms with Crippen molar-refractivity contribution in [2.45, 2.75) is 6.92 Å². The average Bonchev–Trinajstić information content (AvgIpc) is 3.26. The Kier molecular flexibility index (Phi) is 7.92. The second-order valence-corrected chi connectivity index (χ2v) is 13.6. The molecule has 6 aromatic carbocycles. The van der Waals surface area contributed by atoms with Gasteiger partial charge >= 0.3 is 0 Å². The summed E-state index contributed by atoms with van der Waals surface area (Å²) < 4.78 is 0. The van der Waals surface area contributed by atoms with E-state index in [0.717, 1.165) is 88.6 Å². The predicted octanol–water partition coefficient (Wildman–Crippen LogP) is 11.8. The quantitative estimate of drug-likeness (QED) is 0.160. The first-order valence-corrected chi connectivity index (χ1v) is 18.3. The van der Waals surface area contributed by atoms with Gasteiger partial charge in [0.2, 0.25) is 0 Å². The Hall–Kier alpha value is -7.44. The lowest BCUT2D eigenvalue weighted by Gasteiger charge is -2.13. The minimum Gasteiger partial charge on any atom is -0.256 e. The summed E-state index contributed by atoms with van der Waals surface area (Å²) in [7, 11) is 0. The van der Waals surface area contributed by atoms with Gasteiger partial charge in [-0.3, -0.25) is 9.97 Å². The van der Waals surface area contributed by atoms with Crippen molar-refractivity contribution >= 4 is 32.7 Å².